The number of nitrogens with one attached hydrogen (secondary N) is 1. The van der Waals surface area contributed by atoms with Crippen molar-refractivity contribution in [2.24, 2.45) is 0 Å². The third kappa shape index (κ3) is 2.00. The van der Waals surface area contributed by atoms with Crippen LogP contribution in [-0.2, 0) is 3.07 Å². The standard InChI is InChI=1S/C4H4IN3O/c9-5-8-4-1-2-6-3-7-4/h1-3H,(H,6,7,8,9). The molecule has 1 aromatic heterocycles. The van der Waals surface area contributed by atoms with E-state index in [2.05, 4.69) is 13.5 Å². The van der Waals surface area contributed by atoms with E-state index in [1.54, 1.807) is 12.3 Å². The summed E-state index contributed by atoms with van der Waals surface area (Å²) in [6.45, 7) is 0. The maximum atomic E-state index is 10.0. The molecule has 5 heteroatoms. The van der Waals surface area contributed by atoms with Crippen LogP contribution < -0.4 is 3.53 Å². The molecule has 0 radical (unpaired) electrons. The molecule has 0 bridgehead atoms. The Labute approximate surface area is 62.7 Å². The molecule has 1 N–H and O–H groups in total. The van der Waals surface area contributed by atoms with Gasteiger partial charge < -0.3 is 0 Å². The summed E-state index contributed by atoms with van der Waals surface area (Å²) in [5.41, 5.74) is 0. The van der Waals surface area contributed by atoms with Crippen LogP contribution in [-0.4, -0.2) is 9.97 Å². The zero-order valence-electron chi connectivity index (χ0n) is 4.41. The summed E-state index contributed by atoms with van der Waals surface area (Å²) >= 11 is -1.16. The first kappa shape index (κ1) is 6.53. The fraction of sp³-hybridized carbons (Fsp3) is 0. The van der Waals surface area contributed by atoms with Crippen LogP contribution in [0.1, 0.15) is 0 Å². The van der Waals surface area contributed by atoms with Gasteiger partial charge in [0.1, 0.15) is 12.1 Å². The molecule has 0 amide bonds. The van der Waals surface area contributed by atoms with Gasteiger partial charge in [-0.25, -0.2) is 13.0 Å². The van der Waals surface area contributed by atoms with E-state index in [1.165, 1.54) is 6.33 Å². The third-order valence-corrected chi connectivity index (χ3v) is 1.49. The minimum atomic E-state index is -1.16. The molecule has 1 heterocycles. The summed E-state index contributed by atoms with van der Waals surface area (Å²) in [5, 5.41) is 0. The molecule has 0 unspecified atom stereocenters. The zero-order valence-corrected chi connectivity index (χ0v) is 6.57. The highest BCUT2D eigenvalue weighted by molar-refractivity contribution is 14.1. The van der Waals surface area contributed by atoms with E-state index in [4.69, 9.17) is 0 Å². The van der Waals surface area contributed by atoms with Gasteiger partial charge in [0.15, 0.2) is 0 Å². The summed E-state index contributed by atoms with van der Waals surface area (Å²) < 4.78 is 12.6. The first-order valence-electron chi connectivity index (χ1n) is 2.21. The second-order valence-corrected chi connectivity index (χ2v) is 2.25. The average molecular weight is 237 g/mol. The molecule has 1 rings (SSSR count). The highest BCUT2D eigenvalue weighted by atomic mass is 127. The first-order chi connectivity index (χ1) is 4.43. The van der Waals surface area contributed by atoms with E-state index in [9.17, 15) is 3.07 Å². The second kappa shape index (κ2) is 3.44. The van der Waals surface area contributed by atoms with Crippen molar-refractivity contribution in [2.45, 2.75) is 0 Å². The zero-order chi connectivity index (χ0) is 6.53. The van der Waals surface area contributed by atoms with Gasteiger partial charge >= 0.3 is 0 Å². The molecular formula is C4H4IN3O. The van der Waals surface area contributed by atoms with Crippen LogP contribution in [0, 0.1) is 0 Å². The molecule has 0 fully saturated rings. The van der Waals surface area contributed by atoms with Crippen LogP contribution >= 0.6 is 21.5 Å². The first-order valence-corrected chi connectivity index (χ1v) is 4.17. The molecule has 0 aliphatic carbocycles. The number of hydrogen-bond acceptors (Lipinski definition) is 3. The summed E-state index contributed by atoms with van der Waals surface area (Å²) in [5.74, 6) is 0.618. The quantitative estimate of drug-likeness (QED) is 0.618. The number of halogens is 1. The van der Waals surface area contributed by atoms with Gasteiger partial charge in [-0.2, -0.15) is 0 Å². The van der Waals surface area contributed by atoms with Crippen LogP contribution in [0.15, 0.2) is 18.6 Å². The molecular weight excluding hydrogens is 233 g/mol. The lowest BCUT2D eigenvalue weighted by Gasteiger charge is -1.90. The lowest BCUT2D eigenvalue weighted by atomic mass is 10.6. The van der Waals surface area contributed by atoms with E-state index in [-0.39, 0.29) is 0 Å². The molecule has 1 aromatic rings. The molecule has 0 atom stereocenters. The number of nitrogens with zero attached hydrogens (tertiary/aromatic N) is 2. The number of aromatic nitrogens is 2. The molecule has 9 heavy (non-hydrogen) atoms. The van der Waals surface area contributed by atoms with Gasteiger partial charge in [0.05, 0.1) is 0 Å². The Balaban J connectivity index is 2.72. The lowest BCUT2D eigenvalue weighted by Crippen LogP contribution is -1.84. The van der Waals surface area contributed by atoms with Crippen LogP contribution in [0.5, 0.6) is 0 Å². The van der Waals surface area contributed by atoms with Gasteiger partial charge in [-0.05, 0) is 6.07 Å². The Kier molecular flexibility index (Phi) is 2.49. The van der Waals surface area contributed by atoms with Crippen molar-refractivity contribution in [3.63, 3.8) is 0 Å². The van der Waals surface area contributed by atoms with E-state index >= 15 is 0 Å². The van der Waals surface area contributed by atoms with Crippen molar-refractivity contribution >= 4 is 27.3 Å². The van der Waals surface area contributed by atoms with Crippen molar-refractivity contribution in [3.05, 3.63) is 18.6 Å². The fourth-order valence-electron chi connectivity index (χ4n) is 0.386. The minimum Gasteiger partial charge on any atom is -0.286 e. The Hall–Kier alpha value is -0.590. The molecule has 4 nitrogen and oxygen atoms in total. The molecule has 0 aliphatic heterocycles. The third-order valence-electron chi connectivity index (χ3n) is 0.717. The Bertz CT molecular complexity index is 190. The Morgan fingerprint density at radius 1 is 1.67 bits per heavy atom. The van der Waals surface area contributed by atoms with E-state index in [0.29, 0.717) is 5.82 Å². The summed E-state index contributed by atoms with van der Waals surface area (Å²) in [6.07, 6.45) is 3.00. The van der Waals surface area contributed by atoms with E-state index in [0.717, 1.165) is 0 Å². The molecule has 48 valence electrons. The van der Waals surface area contributed by atoms with Gasteiger partial charge in [0.2, 0.25) is 0 Å². The molecule has 0 saturated carbocycles. The highest BCUT2D eigenvalue weighted by Crippen LogP contribution is 2.02. The number of anilines is 1. The van der Waals surface area contributed by atoms with Crippen molar-refractivity contribution in [3.8, 4) is 0 Å². The molecule has 0 aromatic carbocycles. The lowest BCUT2D eigenvalue weighted by molar-refractivity contribution is 0.648. The van der Waals surface area contributed by atoms with Gasteiger partial charge in [-0.1, -0.05) is 0 Å². The normalized spacial score (nSPS) is 8.89. The fourth-order valence-corrected chi connectivity index (χ4v) is 0.931. The number of rotatable bonds is 2. The average Bonchev–Trinajstić information content (AvgIpc) is 1.91. The maximum Gasteiger partial charge on any atom is 0.271 e. The van der Waals surface area contributed by atoms with Crippen molar-refractivity contribution in [1.82, 2.24) is 9.97 Å². The van der Waals surface area contributed by atoms with Gasteiger partial charge in [-0.3, -0.25) is 3.53 Å². The number of hydrogen-bond donors (Lipinski definition) is 1. The van der Waals surface area contributed by atoms with Gasteiger partial charge in [-0.15, -0.1) is 0 Å². The predicted octanol–water partition coefficient (Wildman–Crippen LogP) is 1.12. The van der Waals surface area contributed by atoms with Crippen molar-refractivity contribution in [1.29, 1.82) is 0 Å². The maximum absolute atomic E-state index is 10.0. The van der Waals surface area contributed by atoms with Crippen molar-refractivity contribution in [2.75, 3.05) is 3.53 Å². The Morgan fingerprint density at radius 3 is 3.11 bits per heavy atom. The topological polar surface area (TPSA) is 54.9 Å². The SMILES string of the molecule is O=INc1ccncn1. The van der Waals surface area contributed by atoms with Crippen LogP contribution in [0.2, 0.25) is 0 Å². The van der Waals surface area contributed by atoms with Crippen LogP contribution in [0.3, 0.4) is 0 Å². The van der Waals surface area contributed by atoms with Crippen LogP contribution in [0.4, 0.5) is 5.82 Å². The Morgan fingerprint density at radius 2 is 2.56 bits per heavy atom. The second-order valence-electron chi connectivity index (χ2n) is 1.27. The smallest absolute Gasteiger partial charge is 0.271 e. The molecule has 0 spiro atoms. The summed E-state index contributed by atoms with van der Waals surface area (Å²) in [7, 11) is 0. The molecule has 0 saturated heterocycles. The molecule has 0 aliphatic rings. The minimum absolute atomic E-state index is 0.618. The highest BCUT2D eigenvalue weighted by Gasteiger charge is 1.85. The van der Waals surface area contributed by atoms with Crippen LogP contribution in [0.25, 0.3) is 0 Å². The van der Waals surface area contributed by atoms with E-state index < -0.39 is 21.5 Å². The summed E-state index contributed by atoms with van der Waals surface area (Å²) in [6, 6.07) is 1.66. The van der Waals surface area contributed by atoms with E-state index in [1.807, 2.05) is 0 Å². The summed E-state index contributed by atoms with van der Waals surface area (Å²) in [4.78, 5) is 7.46. The van der Waals surface area contributed by atoms with Crippen molar-refractivity contribution < 1.29 is 3.07 Å². The van der Waals surface area contributed by atoms with Gasteiger partial charge in [0, 0.05) is 6.20 Å². The van der Waals surface area contributed by atoms with Gasteiger partial charge in [0.25, 0.3) is 21.5 Å². The monoisotopic (exact) mass is 237 g/mol. The largest absolute Gasteiger partial charge is 0.286 e. The predicted molar refractivity (Wildman–Crippen MR) is 40.4 cm³/mol.